The van der Waals surface area contributed by atoms with Gasteiger partial charge in [0.05, 0.1) is 29.9 Å². The van der Waals surface area contributed by atoms with Crippen molar-refractivity contribution in [3.63, 3.8) is 0 Å². The number of phenolic OH excluding ortho intramolecular Hbond substituents is 1. The second-order valence-electron chi connectivity index (χ2n) is 9.59. The summed E-state index contributed by atoms with van der Waals surface area (Å²) >= 11 is 0. The first-order valence-corrected chi connectivity index (χ1v) is 12.8. The topological polar surface area (TPSA) is 113 Å². The molecule has 1 unspecified atom stereocenters. The number of esters is 1. The number of benzene rings is 3. The minimum Gasteiger partial charge on any atom is -0.508 e. The van der Waals surface area contributed by atoms with Crippen molar-refractivity contribution in [1.82, 2.24) is 0 Å². The first-order valence-electron chi connectivity index (χ1n) is 12.8. The lowest BCUT2D eigenvalue weighted by atomic mass is 9.94. The maximum Gasteiger partial charge on any atom is 0.338 e. The number of aliphatic hydroxyl groups excluding tert-OH is 1. The Bertz CT molecular complexity index is 1440. The van der Waals surface area contributed by atoms with Crippen LogP contribution in [0.25, 0.3) is 5.76 Å². The molecule has 3 aromatic carbocycles. The quantitative estimate of drug-likeness (QED) is 0.167. The predicted molar refractivity (Wildman–Crippen MR) is 147 cm³/mol. The van der Waals surface area contributed by atoms with E-state index in [2.05, 4.69) is 0 Å². The summed E-state index contributed by atoms with van der Waals surface area (Å²) in [6.45, 7) is 7.84. The van der Waals surface area contributed by atoms with E-state index in [1.54, 1.807) is 62.4 Å². The van der Waals surface area contributed by atoms with Crippen LogP contribution in [0.5, 0.6) is 11.5 Å². The van der Waals surface area contributed by atoms with Crippen LogP contribution in [0.2, 0.25) is 0 Å². The highest BCUT2D eigenvalue weighted by atomic mass is 16.5. The molecule has 0 saturated carbocycles. The number of phenols is 1. The Kier molecular flexibility index (Phi) is 8.04. The van der Waals surface area contributed by atoms with Gasteiger partial charge in [-0.3, -0.25) is 14.5 Å². The SMILES string of the molecule is CCCOc1ccc(/C(O)=C2\C(=O)C(=O)N(c3cccc(C(=O)OC(C)C)c3)C2c2ccc(O)cc2)cc1C. The van der Waals surface area contributed by atoms with Gasteiger partial charge in [0.2, 0.25) is 0 Å². The molecule has 1 amide bonds. The van der Waals surface area contributed by atoms with Gasteiger partial charge in [-0.2, -0.15) is 0 Å². The second kappa shape index (κ2) is 11.4. The van der Waals surface area contributed by atoms with Crippen molar-refractivity contribution in [2.45, 2.75) is 46.3 Å². The third-order valence-corrected chi connectivity index (χ3v) is 6.27. The molecule has 1 aliphatic rings. The Morgan fingerprint density at radius 2 is 1.72 bits per heavy atom. The first kappa shape index (κ1) is 27.4. The number of aliphatic hydroxyl groups is 1. The number of anilines is 1. The van der Waals surface area contributed by atoms with Gasteiger partial charge < -0.3 is 19.7 Å². The summed E-state index contributed by atoms with van der Waals surface area (Å²) in [6, 6.07) is 16.3. The number of carbonyl (C=O) groups is 3. The Morgan fingerprint density at radius 1 is 1.00 bits per heavy atom. The van der Waals surface area contributed by atoms with E-state index in [4.69, 9.17) is 9.47 Å². The standard InChI is InChI=1S/C31H31NO7/c1-5-15-38-25-14-11-21(16-19(25)4)28(34)26-27(20-9-12-24(33)13-10-20)32(30(36)29(26)35)23-8-6-7-22(17-23)31(37)39-18(2)3/h6-14,16-18,27,33-34H,5,15H2,1-4H3/b28-26+. The number of carbonyl (C=O) groups excluding carboxylic acids is 3. The molecule has 1 aliphatic heterocycles. The summed E-state index contributed by atoms with van der Waals surface area (Å²) in [5.74, 6) is -1.96. The molecule has 202 valence electrons. The maximum atomic E-state index is 13.4. The zero-order valence-corrected chi connectivity index (χ0v) is 22.3. The highest BCUT2D eigenvalue weighted by Gasteiger charge is 2.47. The molecule has 0 radical (unpaired) electrons. The molecular formula is C31H31NO7. The maximum absolute atomic E-state index is 13.4. The second-order valence-corrected chi connectivity index (χ2v) is 9.59. The number of ketones is 1. The molecule has 1 atom stereocenters. The number of rotatable bonds is 8. The molecule has 8 heteroatoms. The molecule has 4 rings (SSSR count). The van der Waals surface area contributed by atoms with E-state index in [0.29, 0.717) is 23.5 Å². The monoisotopic (exact) mass is 529 g/mol. The van der Waals surface area contributed by atoms with E-state index < -0.39 is 23.7 Å². The van der Waals surface area contributed by atoms with E-state index in [0.717, 1.165) is 12.0 Å². The van der Waals surface area contributed by atoms with Crippen molar-refractivity contribution < 1.29 is 34.1 Å². The molecule has 0 spiro atoms. The molecule has 3 aromatic rings. The van der Waals surface area contributed by atoms with E-state index in [-0.39, 0.29) is 34.4 Å². The average Bonchev–Trinajstić information content (AvgIpc) is 3.17. The largest absolute Gasteiger partial charge is 0.508 e. The van der Waals surface area contributed by atoms with Crippen molar-refractivity contribution in [2.75, 3.05) is 11.5 Å². The molecule has 0 aromatic heterocycles. The third kappa shape index (κ3) is 5.65. The third-order valence-electron chi connectivity index (χ3n) is 6.27. The van der Waals surface area contributed by atoms with Gasteiger partial charge in [-0.25, -0.2) is 4.79 Å². The van der Waals surface area contributed by atoms with Crippen LogP contribution in [0, 0.1) is 6.92 Å². The van der Waals surface area contributed by atoms with Crippen molar-refractivity contribution in [3.8, 4) is 11.5 Å². The number of hydrogen-bond acceptors (Lipinski definition) is 7. The number of amides is 1. The predicted octanol–water partition coefficient (Wildman–Crippen LogP) is 5.68. The Balaban J connectivity index is 1.85. The molecule has 0 aliphatic carbocycles. The minimum atomic E-state index is -1.02. The zero-order valence-electron chi connectivity index (χ0n) is 22.3. The van der Waals surface area contributed by atoms with Gasteiger partial charge in [-0.1, -0.05) is 25.1 Å². The summed E-state index contributed by atoms with van der Waals surface area (Å²) in [5.41, 5.74) is 2.00. The summed E-state index contributed by atoms with van der Waals surface area (Å²) in [4.78, 5) is 40.7. The first-order chi connectivity index (χ1) is 18.6. The Morgan fingerprint density at radius 3 is 2.36 bits per heavy atom. The number of aromatic hydroxyl groups is 1. The number of Topliss-reactive ketones (excluding diaryl/α,β-unsaturated/α-hetero) is 1. The molecule has 0 bridgehead atoms. The van der Waals surface area contributed by atoms with E-state index in [1.165, 1.54) is 23.1 Å². The summed E-state index contributed by atoms with van der Waals surface area (Å²) in [5, 5.41) is 21.3. The van der Waals surface area contributed by atoms with E-state index in [1.807, 2.05) is 13.8 Å². The van der Waals surface area contributed by atoms with E-state index >= 15 is 0 Å². The summed E-state index contributed by atoms with van der Waals surface area (Å²) < 4.78 is 11.0. The number of ether oxygens (including phenoxy) is 2. The van der Waals surface area contributed by atoms with Gasteiger partial charge in [0, 0.05) is 11.3 Å². The zero-order chi connectivity index (χ0) is 28.3. The molecule has 1 fully saturated rings. The smallest absolute Gasteiger partial charge is 0.338 e. The molecule has 2 N–H and O–H groups in total. The molecule has 1 saturated heterocycles. The van der Waals surface area contributed by atoms with Gasteiger partial charge >= 0.3 is 5.97 Å². The highest BCUT2D eigenvalue weighted by Crippen LogP contribution is 2.43. The van der Waals surface area contributed by atoms with Gasteiger partial charge in [0.1, 0.15) is 17.3 Å². The highest BCUT2D eigenvalue weighted by molar-refractivity contribution is 6.51. The average molecular weight is 530 g/mol. The van der Waals surface area contributed by atoms with Gasteiger partial charge in [-0.05, 0) is 86.8 Å². The molecular weight excluding hydrogens is 498 g/mol. The normalized spacial score (nSPS) is 16.5. The van der Waals surface area contributed by atoms with Crippen LogP contribution < -0.4 is 9.64 Å². The number of hydrogen-bond donors (Lipinski definition) is 2. The van der Waals surface area contributed by atoms with Crippen LogP contribution in [0.1, 0.15) is 60.3 Å². The van der Waals surface area contributed by atoms with Crippen LogP contribution in [-0.4, -0.2) is 40.6 Å². The van der Waals surface area contributed by atoms with E-state index in [9.17, 15) is 24.6 Å². The lowest BCUT2D eigenvalue weighted by Crippen LogP contribution is -2.29. The van der Waals surface area contributed by atoms with Gasteiger partial charge in [0.15, 0.2) is 0 Å². The number of aryl methyl sites for hydroxylation is 1. The van der Waals surface area contributed by atoms with Crippen molar-refractivity contribution in [2.24, 2.45) is 0 Å². The summed E-state index contributed by atoms with van der Waals surface area (Å²) in [6.07, 6.45) is 0.503. The molecule has 1 heterocycles. The Labute approximate surface area is 227 Å². The number of nitrogens with zero attached hydrogens (tertiary/aromatic N) is 1. The molecule has 8 nitrogen and oxygen atoms in total. The van der Waals surface area contributed by atoms with Crippen molar-refractivity contribution in [1.29, 1.82) is 0 Å². The molecule has 39 heavy (non-hydrogen) atoms. The lowest BCUT2D eigenvalue weighted by Gasteiger charge is -2.26. The fourth-order valence-corrected chi connectivity index (χ4v) is 4.46. The lowest BCUT2D eigenvalue weighted by molar-refractivity contribution is -0.132. The van der Waals surface area contributed by atoms with Crippen LogP contribution in [0.3, 0.4) is 0 Å². The van der Waals surface area contributed by atoms with Crippen LogP contribution in [-0.2, 0) is 14.3 Å². The van der Waals surface area contributed by atoms with Gasteiger partial charge in [0.25, 0.3) is 11.7 Å². The van der Waals surface area contributed by atoms with Crippen LogP contribution in [0.4, 0.5) is 5.69 Å². The van der Waals surface area contributed by atoms with Gasteiger partial charge in [-0.15, -0.1) is 0 Å². The fourth-order valence-electron chi connectivity index (χ4n) is 4.46. The van der Waals surface area contributed by atoms with Crippen LogP contribution >= 0.6 is 0 Å². The minimum absolute atomic E-state index is 0.00687. The van der Waals surface area contributed by atoms with Crippen molar-refractivity contribution in [3.05, 3.63) is 94.6 Å². The Hall–Kier alpha value is -4.59. The van der Waals surface area contributed by atoms with Crippen LogP contribution in [0.15, 0.2) is 72.3 Å². The fraction of sp³-hybridized carbons (Fsp3) is 0.258. The van der Waals surface area contributed by atoms with Crippen molar-refractivity contribution >= 4 is 29.1 Å². The summed E-state index contributed by atoms with van der Waals surface area (Å²) in [7, 11) is 0.